The minimum absolute atomic E-state index is 0.000751. The summed E-state index contributed by atoms with van der Waals surface area (Å²) in [5.74, 6) is 3.22. The number of benzene rings is 1. The van der Waals surface area contributed by atoms with E-state index in [2.05, 4.69) is 29.5 Å². The first-order valence-electron chi connectivity index (χ1n) is 7.98. The molecule has 0 heterocycles. The van der Waals surface area contributed by atoms with Gasteiger partial charge >= 0.3 is 0 Å². The van der Waals surface area contributed by atoms with Crippen LogP contribution in [0.15, 0.2) is 29.3 Å². The van der Waals surface area contributed by atoms with Crippen molar-refractivity contribution in [3.63, 3.8) is 0 Å². The van der Waals surface area contributed by atoms with Crippen LogP contribution in [-0.2, 0) is 0 Å². The van der Waals surface area contributed by atoms with E-state index in [9.17, 15) is 0 Å². The summed E-state index contributed by atoms with van der Waals surface area (Å²) in [5.41, 5.74) is 0. The third kappa shape index (κ3) is 5.13. The molecule has 5 nitrogen and oxygen atoms in total. The molecular weight excluding hydrogens is 278 g/mol. The summed E-state index contributed by atoms with van der Waals surface area (Å²) in [7, 11) is 1.65. The predicted molar refractivity (Wildman–Crippen MR) is 89.8 cm³/mol. The molecule has 0 aromatic heterocycles. The van der Waals surface area contributed by atoms with E-state index in [1.807, 2.05) is 31.2 Å². The van der Waals surface area contributed by atoms with Gasteiger partial charge in [0.25, 0.3) is 0 Å². The van der Waals surface area contributed by atoms with E-state index in [0.717, 1.165) is 29.9 Å². The van der Waals surface area contributed by atoms with Crippen LogP contribution in [0.1, 0.15) is 27.2 Å². The summed E-state index contributed by atoms with van der Waals surface area (Å²) in [6.07, 6.45) is 1.22. The van der Waals surface area contributed by atoms with Gasteiger partial charge in [-0.1, -0.05) is 13.0 Å². The molecular formula is C17H27N3O2. The van der Waals surface area contributed by atoms with Gasteiger partial charge in [0.1, 0.15) is 17.6 Å². The van der Waals surface area contributed by atoms with Gasteiger partial charge in [0.05, 0.1) is 13.7 Å². The molecule has 22 heavy (non-hydrogen) atoms. The summed E-state index contributed by atoms with van der Waals surface area (Å²) >= 11 is 0. The van der Waals surface area contributed by atoms with Crippen LogP contribution in [0.2, 0.25) is 0 Å². The lowest BCUT2D eigenvalue weighted by molar-refractivity contribution is 0.229. The van der Waals surface area contributed by atoms with Gasteiger partial charge in [-0.15, -0.1) is 0 Å². The Kier molecular flexibility index (Phi) is 5.92. The Labute approximate surface area is 133 Å². The van der Waals surface area contributed by atoms with E-state index in [4.69, 9.17) is 9.47 Å². The maximum atomic E-state index is 5.88. The average Bonchev–Trinajstić information content (AvgIpc) is 3.20. The number of guanidine groups is 1. The number of rotatable bonds is 7. The second-order valence-corrected chi connectivity index (χ2v) is 5.79. The largest absolute Gasteiger partial charge is 0.497 e. The van der Waals surface area contributed by atoms with Crippen molar-refractivity contribution in [2.75, 3.05) is 20.2 Å². The van der Waals surface area contributed by atoms with Crippen molar-refractivity contribution in [3.05, 3.63) is 24.3 Å². The lowest BCUT2D eigenvalue weighted by atomic mass is 10.3. The van der Waals surface area contributed by atoms with Gasteiger partial charge in [-0.3, -0.25) is 0 Å². The molecule has 3 atom stereocenters. The fourth-order valence-electron chi connectivity index (χ4n) is 2.18. The van der Waals surface area contributed by atoms with Crippen molar-refractivity contribution >= 4 is 5.96 Å². The lowest BCUT2D eigenvalue weighted by Gasteiger charge is -2.15. The van der Waals surface area contributed by atoms with Crippen molar-refractivity contribution in [2.24, 2.45) is 10.9 Å². The van der Waals surface area contributed by atoms with Gasteiger partial charge in [-0.05, 0) is 38.3 Å². The standard InChI is InChI=1S/C17H27N3O2/c1-5-18-17(20-16-9-12(16)2)19-11-13(3)22-15-8-6-7-14(10-15)21-4/h6-8,10,12-13,16H,5,9,11H2,1-4H3,(H2,18,19,20). The number of hydrogen-bond acceptors (Lipinski definition) is 3. The molecule has 122 valence electrons. The molecule has 3 unspecified atom stereocenters. The number of aliphatic imine (C=N–C) groups is 1. The van der Waals surface area contributed by atoms with Crippen LogP contribution < -0.4 is 20.1 Å². The van der Waals surface area contributed by atoms with Crippen molar-refractivity contribution in [1.82, 2.24) is 10.6 Å². The van der Waals surface area contributed by atoms with Crippen molar-refractivity contribution in [1.29, 1.82) is 0 Å². The molecule has 5 heteroatoms. The number of nitrogens with zero attached hydrogens (tertiary/aromatic N) is 1. The van der Waals surface area contributed by atoms with Gasteiger partial charge in [-0.2, -0.15) is 0 Å². The van der Waals surface area contributed by atoms with Gasteiger partial charge in [-0.25, -0.2) is 4.99 Å². The van der Waals surface area contributed by atoms with E-state index < -0.39 is 0 Å². The molecule has 2 rings (SSSR count). The maximum Gasteiger partial charge on any atom is 0.191 e. The van der Waals surface area contributed by atoms with Crippen molar-refractivity contribution in [2.45, 2.75) is 39.3 Å². The molecule has 0 saturated heterocycles. The second kappa shape index (κ2) is 7.92. The Morgan fingerprint density at radius 2 is 2.14 bits per heavy atom. The predicted octanol–water partition coefficient (Wildman–Crippen LogP) is 2.43. The van der Waals surface area contributed by atoms with Crippen LogP contribution in [0.3, 0.4) is 0 Å². The van der Waals surface area contributed by atoms with Crippen molar-refractivity contribution in [3.8, 4) is 11.5 Å². The highest BCUT2D eigenvalue weighted by Gasteiger charge is 2.33. The summed E-state index contributed by atoms with van der Waals surface area (Å²) < 4.78 is 11.1. The van der Waals surface area contributed by atoms with E-state index in [0.29, 0.717) is 12.6 Å². The molecule has 0 aliphatic heterocycles. The summed E-state index contributed by atoms with van der Waals surface area (Å²) in [6, 6.07) is 8.20. The number of methoxy groups -OCH3 is 1. The summed E-state index contributed by atoms with van der Waals surface area (Å²) in [5, 5.41) is 6.72. The van der Waals surface area contributed by atoms with Crippen LogP contribution in [0, 0.1) is 5.92 Å². The highest BCUT2D eigenvalue weighted by Crippen LogP contribution is 2.28. The van der Waals surface area contributed by atoms with E-state index >= 15 is 0 Å². The normalized spacial score (nSPS) is 21.9. The molecule has 0 amide bonds. The monoisotopic (exact) mass is 305 g/mol. The fraction of sp³-hybridized carbons (Fsp3) is 0.588. The first kappa shape index (κ1) is 16.5. The zero-order valence-electron chi connectivity index (χ0n) is 13.9. The molecule has 1 aliphatic carbocycles. The van der Waals surface area contributed by atoms with E-state index in [1.54, 1.807) is 7.11 Å². The zero-order valence-corrected chi connectivity index (χ0v) is 13.9. The van der Waals surface area contributed by atoms with E-state index in [1.165, 1.54) is 6.42 Å². The number of ether oxygens (including phenoxy) is 2. The minimum atomic E-state index is -0.000751. The quantitative estimate of drug-likeness (QED) is 0.600. The number of hydrogen-bond donors (Lipinski definition) is 2. The first-order valence-corrected chi connectivity index (χ1v) is 7.98. The third-order valence-electron chi connectivity index (χ3n) is 3.66. The summed E-state index contributed by atoms with van der Waals surface area (Å²) in [4.78, 5) is 4.60. The molecule has 0 spiro atoms. The lowest BCUT2D eigenvalue weighted by Crippen LogP contribution is -2.39. The van der Waals surface area contributed by atoms with Gasteiger partial charge < -0.3 is 20.1 Å². The smallest absolute Gasteiger partial charge is 0.191 e. The minimum Gasteiger partial charge on any atom is -0.497 e. The molecule has 0 radical (unpaired) electrons. The van der Waals surface area contributed by atoms with Crippen LogP contribution in [0.25, 0.3) is 0 Å². The van der Waals surface area contributed by atoms with Gasteiger partial charge in [0.2, 0.25) is 0 Å². The Bertz CT molecular complexity index is 504. The van der Waals surface area contributed by atoms with E-state index in [-0.39, 0.29) is 6.10 Å². The average molecular weight is 305 g/mol. The Morgan fingerprint density at radius 1 is 1.41 bits per heavy atom. The Morgan fingerprint density at radius 3 is 2.77 bits per heavy atom. The number of nitrogens with one attached hydrogen (secondary N) is 2. The van der Waals surface area contributed by atoms with Crippen LogP contribution >= 0.6 is 0 Å². The molecule has 1 aromatic carbocycles. The summed E-state index contributed by atoms with van der Waals surface area (Å²) in [6.45, 7) is 7.80. The van der Waals surface area contributed by atoms with Crippen molar-refractivity contribution < 1.29 is 9.47 Å². The van der Waals surface area contributed by atoms with Crippen LogP contribution in [0.4, 0.5) is 0 Å². The van der Waals surface area contributed by atoms with Crippen LogP contribution in [0.5, 0.6) is 11.5 Å². The van der Waals surface area contributed by atoms with Crippen LogP contribution in [-0.4, -0.2) is 38.3 Å². The maximum absolute atomic E-state index is 5.88. The third-order valence-corrected chi connectivity index (χ3v) is 3.66. The Balaban J connectivity index is 1.85. The molecule has 1 fully saturated rings. The van der Waals surface area contributed by atoms with Gasteiger partial charge in [0.15, 0.2) is 5.96 Å². The SMILES string of the molecule is CCNC(=NCC(C)Oc1cccc(OC)c1)NC1CC1C. The highest BCUT2D eigenvalue weighted by molar-refractivity contribution is 5.80. The molecule has 0 bridgehead atoms. The molecule has 2 N–H and O–H groups in total. The topological polar surface area (TPSA) is 54.9 Å². The molecule has 1 saturated carbocycles. The molecule has 1 aromatic rings. The highest BCUT2D eigenvalue weighted by atomic mass is 16.5. The van der Waals surface area contributed by atoms with Gasteiger partial charge in [0, 0.05) is 18.7 Å². The first-order chi connectivity index (χ1) is 10.6. The second-order valence-electron chi connectivity index (χ2n) is 5.79. The fourth-order valence-corrected chi connectivity index (χ4v) is 2.18. The zero-order chi connectivity index (χ0) is 15.9. The molecule has 1 aliphatic rings. The Hall–Kier alpha value is -1.91.